The second kappa shape index (κ2) is 7.56. The number of hydrogen-bond donors (Lipinski definition) is 2. The monoisotopic (exact) mass is 405 g/mol. The molecule has 0 saturated heterocycles. The molecule has 1 unspecified atom stereocenters. The Morgan fingerprint density at radius 2 is 1.73 bits per heavy atom. The van der Waals surface area contributed by atoms with Crippen molar-refractivity contribution in [1.82, 2.24) is 4.72 Å². The molecule has 0 fully saturated rings. The molecule has 2 N–H and O–H groups in total. The van der Waals surface area contributed by atoms with E-state index in [0.29, 0.717) is 5.56 Å². The Bertz CT molecular complexity index is 970. The predicted octanol–water partition coefficient (Wildman–Crippen LogP) is 4.37. The molecular formula is C19H13Cl2NO3S. The van der Waals surface area contributed by atoms with E-state index in [9.17, 15) is 13.5 Å². The van der Waals surface area contributed by atoms with Crippen LogP contribution in [-0.4, -0.2) is 13.5 Å². The van der Waals surface area contributed by atoms with Gasteiger partial charge in [0, 0.05) is 5.02 Å². The molecule has 0 amide bonds. The number of halogens is 2. The Hall–Kier alpha value is -2.23. The maximum atomic E-state index is 12.9. The summed E-state index contributed by atoms with van der Waals surface area (Å²) in [5.41, 5.74) is 1.40. The van der Waals surface area contributed by atoms with Crippen LogP contribution in [0.25, 0.3) is 0 Å². The first-order chi connectivity index (χ1) is 12.4. The van der Waals surface area contributed by atoms with Gasteiger partial charge in [0.1, 0.15) is 4.90 Å². The molecule has 3 aromatic carbocycles. The first-order valence-electron chi connectivity index (χ1n) is 7.51. The van der Waals surface area contributed by atoms with Crippen LogP contribution in [0.3, 0.4) is 0 Å². The van der Waals surface area contributed by atoms with Crippen molar-refractivity contribution in [2.75, 3.05) is 0 Å². The summed E-state index contributed by atoms with van der Waals surface area (Å²) < 4.78 is 28.4. The van der Waals surface area contributed by atoms with Gasteiger partial charge < -0.3 is 5.11 Å². The van der Waals surface area contributed by atoms with E-state index in [1.54, 1.807) is 30.3 Å². The van der Waals surface area contributed by atoms with Crippen molar-refractivity contribution >= 4 is 33.2 Å². The van der Waals surface area contributed by atoms with Crippen LogP contribution in [0.2, 0.25) is 10.0 Å². The largest absolute Gasteiger partial charge is 0.505 e. The Kier molecular flexibility index (Phi) is 5.40. The zero-order valence-electron chi connectivity index (χ0n) is 13.3. The van der Waals surface area contributed by atoms with Crippen LogP contribution in [0.4, 0.5) is 0 Å². The van der Waals surface area contributed by atoms with Gasteiger partial charge >= 0.3 is 0 Å². The van der Waals surface area contributed by atoms with Crippen LogP contribution in [-0.2, 0) is 10.0 Å². The van der Waals surface area contributed by atoms with Crippen molar-refractivity contribution in [1.29, 1.82) is 0 Å². The Morgan fingerprint density at radius 1 is 1.00 bits per heavy atom. The van der Waals surface area contributed by atoms with Crippen LogP contribution in [0.5, 0.6) is 5.75 Å². The summed E-state index contributed by atoms with van der Waals surface area (Å²) in [6.07, 6.45) is 0. The van der Waals surface area contributed by atoms with E-state index < -0.39 is 21.8 Å². The highest BCUT2D eigenvalue weighted by Gasteiger charge is 2.26. The van der Waals surface area contributed by atoms with Gasteiger partial charge in [0.15, 0.2) is 5.75 Å². The topological polar surface area (TPSA) is 66.4 Å². The average molecular weight is 406 g/mol. The van der Waals surface area contributed by atoms with Crippen molar-refractivity contribution in [3.63, 3.8) is 0 Å². The Morgan fingerprint density at radius 3 is 2.38 bits per heavy atom. The van der Waals surface area contributed by atoms with E-state index in [1.807, 2.05) is 18.2 Å². The van der Waals surface area contributed by atoms with E-state index >= 15 is 0 Å². The van der Waals surface area contributed by atoms with Crippen LogP contribution >= 0.6 is 23.2 Å². The number of nitrogens with one attached hydrogen (secondary N) is 1. The fourth-order valence-corrected chi connectivity index (χ4v) is 4.45. The first-order valence-corrected chi connectivity index (χ1v) is 9.75. The van der Waals surface area contributed by atoms with Gasteiger partial charge in [0.05, 0.1) is 11.1 Å². The minimum absolute atomic E-state index is 0.104. The highest BCUT2D eigenvalue weighted by atomic mass is 35.5. The molecule has 26 heavy (non-hydrogen) atoms. The van der Waals surface area contributed by atoms with Crippen molar-refractivity contribution in [2.45, 2.75) is 10.9 Å². The van der Waals surface area contributed by atoms with Gasteiger partial charge in [-0.15, -0.1) is 0 Å². The maximum Gasteiger partial charge on any atom is 0.245 e. The van der Waals surface area contributed by atoms with Gasteiger partial charge in [-0.3, -0.25) is 0 Å². The number of aromatic hydroxyl groups is 1. The smallest absolute Gasteiger partial charge is 0.245 e. The average Bonchev–Trinajstić information content (AvgIpc) is 2.64. The normalized spacial score (nSPS) is 11.3. The van der Waals surface area contributed by atoms with Gasteiger partial charge in [-0.25, -0.2) is 8.42 Å². The van der Waals surface area contributed by atoms with Gasteiger partial charge in [0.2, 0.25) is 10.0 Å². The van der Waals surface area contributed by atoms with Gasteiger partial charge in [-0.1, -0.05) is 65.7 Å². The summed E-state index contributed by atoms with van der Waals surface area (Å²) in [5.74, 6) is -0.552. The lowest BCUT2D eigenvalue weighted by Gasteiger charge is -2.20. The molecule has 7 heteroatoms. The standard InChI is InChI=1S/C19H13Cl2NO3S/c20-15-11-16(21)19(23)17(12-15)26(24,25)22-18(13-7-3-1-4-8-13)14-9-5-2-6-10-14/h1,3-5,7-12,18,22-23H. The molecule has 0 bridgehead atoms. The third-order valence-electron chi connectivity index (χ3n) is 3.70. The number of phenols is 1. The molecule has 0 spiro atoms. The second-order valence-corrected chi connectivity index (χ2v) is 7.99. The molecule has 3 rings (SSSR count). The molecule has 0 aliphatic carbocycles. The molecule has 0 aliphatic rings. The number of hydrogen-bond acceptors (Lipinski definition) is 3. The summed E-state index contributed by atoms with van der Waals surface area (Å²) in [6.45, 7) is 0. The minimum Gasteiger partial charge on any atom is -0.505 e. The van der Waals surface area contributed by atoms with Gasteiger partial charge in [0.25, 0.3) is 0 Å². The molecule has 0 radical (unpaired) electrons. The van der Waals surface area contributed by atoms with E-state index in [4.69, 9.17) is 23.2 Å². The molecule has 132 valence electrons. The third kappa shape index (κ3) is 3.95. The summed E-state index contributed by atoms with van der Waals surface area (Å²) in [5, 5.41) is 10.1. The molecule has 0 heterocycles. The molecule has 0 aliphatic heterocycles. The SMILES string of the molecule is O=S(=O)(NC(c1cc#ccc1)c1ccccc1)c1cc(Cl)cc(Cl)c1O. The van der Waals surface area contributed by atoms with Crippen molar-refractivity contribution in [3.05, 3.63) is 94.0 Å². The molecule has 0 aromatic heterocycles. The Labute approximate surface area is 162 Å². The van der Waals surface area contributed by atoms with Crippen LogP contribution in [0.15, 0.2) is 65.6 Å². The zero-order valence-corrected chi connectivity index (χ0v) is 15.6. The number of phenolic OH excluding ortho intramolecular Hbond substituents is 1. The molecule has 4 nitrogen and oxygen atoms in total. The van der Waals surface area contributed by atoms with Crippen molar-refractivity contribution in [2.24, 2.45) is 0 Å². The zero-order chi connectivity index (χ0) is 18.7. The lowest BCUT2D eigenvalue weighted by Crippen LogP contribution is -2.29. The molecule has 3 aromatic rings. The Balaban J connectivity index is 2.07. The van der Waals surface area contributed by atoms with Crippen LogP contribution in [0.1, 0.15) is 17.2 Å². The van der Waals surface area contributed by atoms with Crippen LogP contribution < -0.4 is 4.72 Å². The number of rotatable bonds is 5. The summed E-state index contributed by atoms with van der Waals surface area (Å²) in [7, 11) is -4.12. The van der Waals surface area contributed by atoms with Gasteiger partial charge in [-0.2, -0.15) is 4.72 Å². The lowest BCUT2D eigenvalue weighted by atomic mass is 10.0. The molecular weight excluding hydrogens is 393 g/mol. The first kappa shape index (κ1) is 18.6. The van der Waals surface area contributed by atoms with E-state index in [2.05, 4.69) is 16.9 Å². The number of sulfonamides is 1. The minimum atomic E-state index is -4.12. The molecule has 1 atom stereocenters. The van der Waals surface area contributed by atoms with Crippen molar-refractivity contribution in [3.8, 4) is 5.75 Å². The van der Waals surface area contributed by atoms with Gasteiger partial charge in [-0.05, 0) is 41.5 Å². The predicted molar refractivity (Wildman–Crippen MR) is 101 cm³/mol. The lowest BCUT2D eigenvalue weighted by molar-refractivity contribution is 0.457. The second-order valence-electron chi connectivity index (χ2n) is 5.47. The highest BCUT2D eigenvalue weighted by molar-refractivity contribution is 7.89. The fourth-order valence-electron chi connectivity index (χ4n) is 2.48. The van der Waals surface area contributed by atoms with E-state index in [0.717, 1.165) is 11.6 Å². The van der Waals surface area contributed by atoms with Crippen LogP contribution in [0, 0.1) is 12.1 Å². The van der Waals surface area contributed by atoms with E-state index in [-0.39, 0.29) is 14.9 Å². The summed E-state index contributed by atoms with van der Waals surface area (Å²) >= 11 is 11.8. The summed E-state index contributed by atoms with van der Waals surface area (Å²) in [6, 6.07) is 21.4. The van der Waals surface area contributed by atoms with Crippen molar-refractivity contribution < 1.29 is 13.5 Å². The van der Waals surface area contributed by atoms with E-state index in [1.165, 1.54) is 6.07 Å². The summed E-state index contributed by atoms with van der Waals surface area (Å²) in [4.78, 5) is -0.387. The fraction of sp³-hybridized carbons (Fsp3) is 0.0526. The third-order valence-corrected chi connectivity index (χ3v) is 5.65. The highest BCUT2D eigenvalue weighted by Crippen LogP contribution is 2.35. The quantitative estimate of drug-likeness (QED) is 0.662. The molecule has 0 saturated carbocycles. The number of benzene rings is 2. The maximum absolute atomic E-state index is 12.9.